The molecule has 1 aliphatic heterocycles. The third-order valence-corrected chi connectivity index (χ3v) is 4.12. The summed E-state index contributed by atoms with van der Waals surface area (Å²) in [5, 5.41) is 8.86. The van der Waals surface area contributed by atoms with Crippen molar-refractivity contribution < 1.29 is 8.42 Å². The van der Waals surface area contributed by atoms with E-state index in [1.807, 2.05) is 0 Å². The molecular weight excluding hydrogens is 331 g/mol. The van der Waals surface area contributed by atoms with Crippen LogP contribution in [0.25, 0.3) is 0 Å². The molecule has 0 amide bonds. The van der Waals surface area contributed by atoms with Crippen LogP contribution in [0.2, 0.25) is 0 Å². The summed E-state index contributed by atoms with van der Waals surface area (Å²) in [6.07, 6.45) is 1.66. The molecule has 8 heteroatoms. The van der Waals surface area contributed by atoms with E-state index in [0.717, 1.165) is 17.6 Å². The number of rotatable bonds is 3. The number of nitrogens with two attached hydrogens (primary N) is 1. The average molecular weight is 342 g/mol. The molecule has 84 valence electrons. The summed E-state index contributed by atoms with van der Waals surface area (Å²) in [6.45, 7) is 1.82. The maximum Gasteiger partial charge on any atom is 0.257 e. The maximum atomic E-state index is 11.0. The minimum atomic E-state index is -3.67. The third kappa shape index (κ3) is 2.32. The van der Waals surface area contributed by atoms with E-state index in [9.17, 15) is 8.42 Å². The molecule has 0 aromatic carbocycles. The van der Waals surface area contributed by atoms with Crippen molar-refractivity contribution in [2.75, 3.05) is 17.6 Å². The molecule has 1 fully saturated rings. The van der Waals surface area contributed by atoms with Crippen molar-refractivity contribution >= 4 is 32.6 Å². The number of likely N-dealkylation sites (tertiary alicyclic amines) is 1. The molecule has 0 unspecified atom stereocenters. The zero-order valence-corrected chi connectivity index (χ0v) is 10.8. The Bertz CT molecular complexity index is 451. The lowest BCUT2D eigenvalue weighted by molar-refractivity contribution is 0.126. The van der Waals surface area contributed by atoms with Crippen LogP contribution in [0.4, 0.5) is 0 Å². The predicted octanol–water partition coefficient (Wildman–Crippen LogP) is -0.220. The lowest BCUT2D eigenvalue weighted by Crippen LogP contribution is -2.46. The van der Waals surface area contributed by atoms with Gasteiger partial charge >= 0.3 is 0 Å². The quantitative estimate of drug-likeness (QED) is 0.468. The van der Waals surface area contributed by atoms with Crippen molar-refractivity contribution in [1.82, 2.24) is 14.7 Å². The van der Waals surface area contributed by atoms with Gasteiger partial charge < -0.3 is 0 Å². The molecule has 1 saturated heterocycles. The molecule has 0 radical (unpaired) electrons. The molecule has 0 atom stereocenters. The number of alkyl halides is 1. The minimum absolute atomic E-state index is 0.0598. The van der Waals surface area contributed by atoms with E-state index in [1.165, 1.54) is 6.07 Å². The molecule has 1 aromatic rings. The summed E-state index contributed by atoms with van der Waals surface area (Å²) < 4.78 is 24.6. The van der Waals surface area contributed by atoms with Gasteiger partial charge in [0.15, 0.2) is 5.03 Å². The Labute approximate surface area is 102 Å². The highest BCUT2D eigenvalue weighted by molar-refractivity contribution is 14.1. The van der Waals surface area contributed by atoms with Crippen molar-refractivity contribution in [3.05, 3.63) is 12.3 Å². The van der Waals surface area contributed by atoms with Crippen LogP contribution in [0.1, 0.15) is 6.04 Å². The first-order chi connectivity index (χ1) is 7.00. The summed E-state index contributed by atoms with van der Waals surface area (Å²) >= 11 is 2.29. The van der Waals surface area contributed by atoms with Gasteiger partial charge in [-0.15, -0.1) is 0 Å². The number of aromatic nitrogens is 2. The molecule has 6 nitrogen and oxygen atoms in total. The molecule has 0 aliphatic carbocycles. The normalized spacial score (nSPS) is 19.1. The Morgan fingerprint density at radius 2 is 2.27 bits per heavy atom. The maximum absolute atomic E-state index is 11.0. The van der Waals surface area contributed by atoms with Crippen molar-refractivity contribution in [1.29, 1.82) is 0 Å². The van der Waals surface area contributed by atoms with Crippen molar-refractivity contribution in [3.63, 3.8) is 0 Å². The van der Waals surface area contributed by atoms with Crippen LogP contribution >= 0.6 is 22.6 Å². The molecule has 0 spiro atoms. The summed E-state index contributed by atoms with van der Waals surface area (Å²) in [7, 11) is -3.67. The molecule has 2 N–H and O–H groups in total. The molecular formula is C7H11IN4O2S. The fourth-order valence-electron chi connectivity index (χ4n) is 1.48. The number of sulfonamides is 1. The first-order valence-electron chi connectivity index (χ1n) is 4.37. The highest BCUT2D eigenvalue weighted by Crippen LogP contribution is 2.21. The number of hydrogen-bond donors (Lipinski definition) is 1. The second-order valence-electron chi connectivity index (χ2n) is 3.49. The van der Waals surface area contributed by atoms with Gasteiger partial charge in [-0.2, -0.15) is 5.10 Å². The molecule has 0 bridgehead atoms. The van der Waals surface area contributed by atoms with Gasteiger partial charge in [-0.3, -0.25) is 9.58 Å². The van der Waals surface area contributed by atoms with Crippen LogP contribution in [-0.2, 0) is 10.0 Å². The van der Waals surface area contributed by atoms with Crippen molar-refractivity contribution in [3.8, 4) is 0 Å². The van der Waals surface area contributed by atoms with E-state index >= 15 is 0 Å². The van der Waals surface area contributed by atoms with E-state index in [4.69, 9.17) is 5.14 Å². The standard InChI is InChI=1S/C7H11IN4O2S/c8-5-11-3-6(4-11)12-2-1-7(10-12)15(9,13)14/h1-2,6H,3-5H2,(H2,9,13,14). The zero-order chi connectivity index (χ0) is 11.1. The van der Waals surface area contributed by atoms with E-state index in [2.05, 4.69) is 32.6 Å². The molecule has 2 heterocycles. The summed E-state index contributed by atoms with van der Waals surface area (Å²) in [5.41, 5.74) is 0. The lowest BCUT2D eigenvalue weighted by Gasteiger charge is -2.37. The van der Waals surface area contributed by atoms with Gasteiger partial charge in [-0.05, 0) is 6.07 Å². The first-order valence-corrected chi connectivity index (χ1v) is 7.44. The molecule has 1 aliphatic rings. The molecule has 2 rings (SSSR count). The van der Waals surface area contributed by atoms with Crippen LogP contribution < -0.4 is 5.14 Å². The van der Waals surface area contributed by atoms with E-state index in [-0.39, 0.29) is 11.1 Å². The number of nitrogens with zero attached hydrogens (tertiary/aromatic N) is 3. The first kappa shape index (κ1) is 11.3. The number of halogens is 1. The second-order valence-corrected chi connectivity index (χ2v) is 5.68. The largest absolute Gasteiger partial charge is 0.290 e. The van der Waals surface area contributed by atoms with Gasteiger partial charge in [0, 0.05) is 19.3 Å². The fraction of sp³-hybridized carbons (Fsp3) is 0.571. The van der Waals surface area contributed by atoms with Crippen LogP contribution in [0.15, 0.2) is 17.3 Å². The molecule has 0 saturated carbocycles. The molecule has 1 aromatic heterocycles. The van der Waals surface area contributed by atoms with Gasteiger partial charge in [0.1, 0.15) is 0 Å². The minimum Gasteiger partial charge on any atom is -0.290 e. The Hall–Kier alpha value is -0.190. The lowest BCUT2D eigenvalue weighted by atomic mass is 10.1. The van der Waals surface area contributed by atoms with Crippen LogP contribution in [-0.4, -0.2) is 40.7 Å². The van der Waals surface area contributed by atoms with Gasteiger partial charge in [0.25, 0.3) is 10.0 Å². The van der Waals surface area contributed by atoms with Gasteiger partial charge in [0.2, 0.25) is 0 Å². The van der Waals surface area contributed by atoms with E-state index < -0.39 is 10.0 Å². The Kier molecular flexibility index (Phi) is 3.01. The van der Waals surface area contributed by atoms with Crippen molar-refractivity contribution in [2.24, 2.45) is 5.14 Å². The molecule has 15 heavy (non-hydrogen) atoms. The van der Waals surface area contributed by atoms with E-state index in [1.54, 1.807) is 10.9 Å². The highest BCUT2D eigenvalue weighted by Gasteiger charge is 2.28. The average Bonchev–Trinajstić information content (AvgIpc) is 2.50. The summed E-state index contributed by atoms with van der Waals surface area (Å²) in [6, 6.07) is 1.71. The Morgan fingerprint density at radius 3 is 2.73 bits per heavy atom. The Morgan fingerprint density at radius 1 is 1.60 bits per heavy atom. The SMILES string of the molecule is NS(=O)(=O)c1ccn(C2CN(CI)C2)n1. The van der Waals surface area contributed by atoms with Crippen molar-refractivity contribution in [2.45, 2.75) is 11.1 Å². The van der Waals surface area contributed by atoms with Crippen LogP contribution in [0.3, 0.4) is 0 Å². The van der Waals surface area contributed by atoms with Gasteiger partial charge in [0.05, 0.1) is 10.6 Å². The topological polar surface area (TPSA) is 81.2 Å². The van der Waals surface area contributed by atoms with E-state index in [0.29, 0.717) is 0 Å². The third-order valence-electron chi connectivity index (χ3n) is 2.36. The fourth-order valence-corrected chi connectivity index (χ4v) is 2.50. The summed E-state index contributed by atoms with van der Waals surface area (Å²) in [5.74, 6) is 0. The smallest absolute Gasteiger partial charge is 0.257 e. The van der Waals surface area contributed by atoms with Gasteiger partial charge in [-0.1, -0.05) is 22.6 Å². The van der Waals surface area contributed by atoms with Crippen LogP contribution in [0, 0.1) is 0 Å². The zero-order valence-electron chi connectivity index (χ0n) is 7.88. The number of hydrogen-bond acceptors (Lipinski definition) is 4. The number of primary sulfonamides is 1. The highest BCUT2D eigenvalue weighted by atomic mass is 127. The van der Waals surface area contributed by atoms with Gasteiger partial charge in [-0.25, -0.2) is 13.6 Å². The van der Waals surface area contributed by atoms with Crippen LogP contribution in [0.5, 0.6) is 0 Å². The second kappa shape index (κ2) is 4.00. The monoisotopic (exact) mass is 342 g/mol. The summed E-state index contributed by atoms with van der Waals surface area (Å²) in [4.78, 5) is 2.24. The predicted molar refractivity (Wildman–Crippen MR) is 63.1 cm³/mol. The Balaban J connectivity index is 2.10.